The van der Waals surface area contributed by atoms with Crippen LogP contribution >= 0.6 is 11.6 Å². The van der Waals surface area contributed by atoms with E-state index in [4.69, 9.17) is 22.1 Å². The van der Waals surface area contributed by atoms with Crippen LogP contribution in [0.15, 0.2) is 29.5 Å². The van der Waals surface area contributed by atoms with E-state index in [9.17, 15) is 0 Å². The summed E-state index contributed by atoms with van der Waals surface area (Å²) in [5.41, 5.74) is 8.37. The number of benzene rings is 1. The fraction of sp³-hybridized carbons (Fsp3) is 0.231. The number of nitrogens with two attached hydrogens (primary N) is 1. The number of hydrogen-bond acceptors (Lipinski definition) is 4. The Kier molecular flexibility index (Phi) is 4.06. The molecule has 0 radical (unpaired) electrons. The molecule has 0 atom stereocenters. The number of alkyl halides is 1. The summed E-state index contributed by atoms with van der Waals surface area (Å²) in [6, 6.07) is 5.69. The summed E-state index contributed by atoms with van der Waals surface area (Å²) < 4.78 is 6.74. The van der Waals surface area contributed by atoms with E-state index in [-0.39, 0.29) is 0 Å². The van der Waals surface area contributed by atoms with Crippen LogP contribution in [0.2, 0.25) is 0 Å². The molecule has 1 aromatic heterocycles. The van der Waals surface area contributed by atoms with Gasteiger partial charge in [0.25, 0.3) is 0 Å². The van der Waals surface area contributed by atoms with Gasteiger partial charge < -0.3 is 10.5 Å². The van der Waals surface area contributed by atoms with Crippen molar-refractivity contribution in [3.8, 4) is 5.75 Å². The molecule has 5 nitrogen and oxygen atoms in total. The molecule has 0 bridgehead atoms. The summed E-state index contributed by atoms with van der Waals surface area (Å²) >= 11 is 5.87. The van der Waals surface area contributed by atoms with Crippen molar-refractivity contribution < 1.29 is 4.74 Å². The predicted molar refractivity (Wildman–Crippen MR) is 76.9 cm³/mol. The fourth-order valence-corrected chi connectivity index (χ4v) is 1.92. The third kappa shape index (κ3) is 3.06. The van der Waals surface area contributed by atoms with Gasteiger partial charge >= 0.3 is 0 Å². The van der Waals surface area contributed by atoms with Gasteiger partial charge in [0.15, 0.2) is 0 Å². The van der Waals surface area contributed by atoms with Gasteiger partial charge in [-0.2, -0.15) is 5.10 Å². The molecule has 2 aromatic rings. The minimum atomic E-state index is 0.361. The number of methoxy groups -OCH3 is 1. The second-order valence-electron chi connectivity index (χ2n) is 4.03. The minimum absolute atomic E-state index is 0.361. The number of imidazole rings is 1. The van der Waals surface area contributed by atoms with E-state index in [0.717, 1.165) is 22.6 Å². The van der Waals surface area contributed by atoms with Crippen molar-refractivity contribution >= 4 is 23.8 Å². The maximum absolute atomic E-state index is 5.87. The van der Waals surface area contributed by atoms with Crippen LogP contribution in [0.1, 0.15) is 16.8 Å². The Morgan fingerprint density at radius 2 is 2.32 bits per heavy atom. The number of halogens is 1. The van der Waals surface area contributed by atoms with Crippen LogP contribution in [-0.2, 0) is 5.88 Å². The summed E-state index contributed by atoms with van der Waals surface area (Å²) in [5.74, 6) is 1.52. The third-order valence-corrected chi connectivity index (χ3v) is 2.90. The van der Waals surface area contributed by atoms with Crippen LogP contribution in [0, 0.1) is 6.92 Å². The van der Waals surface area contributed by atoms with Gasteiger partial charge in [-0.05, 0) is 30.7 Å². The second kappa shape index (κ2) is 5.75. The minimum Gasteiger partial charge on any atom is -0.496 e. The summed E-state index contributed by atoms with van der Waals surface area (Å²) in [6.45, 7) is 1.86. The largest absolute Gasteiger partial charge is 0.496 e. The Balaban J connectivity index is 2.26. The van der Waals surface area contributed by atoms with E-state index < -0.39 is 0 Å². The molecule has 19 heavy (non-hydrogen) atoms. The van der Waals surface area contributed by atoms with Crippen molar-refractivity contribution in [1.82, 2.24) is 9.66 Å². The Bertz CT molecular complexity index is 607. The number of anilines is 1. The molecule has 100 valence electrons. The molecule has 1 aromatic carbocycles. The number of aromatic nitrogens is 2. The van der Waals surface area contributed by atoms with E-state index >= 15 is 0 Å². The van der Waals surface area contributed by atoms with Crippen molar-refractivity contribution in [2.24, 2.45) is 5.10 Å². The molecular formula is C13H15ClN4O. The number of hydrogen-bond donors (Lipinski definition) is 1. The zero-order valence-electron chi connectivity index (χ0n) is 10.8. The quantitative estimate of drug-likeness (QED) is 0.690. The fourth-order valence-electron chi connectivity index (χ4n) is 1.71. The van der Waals surface area contributed by atoms with Crippen LogP contribution in [0.3, 0.4) is 0 Å². The average Bonchev–Trinajstić information content (AvgIpc) is 2.74. The lowest BCUT2D eigenvalue weighted by atomic mass is 10.1. The van der Waals surface area contributed by atoms with E-state index in [1.54, 1.807) is 19.5 Å². The first-order chi connectivity index (χ1) is 9.13. The molecule has 0 saturated carbocycles. The molecule has 0 spiro atoms. The molecule has 2 rings (SSSR count). The Morgan fingerprint density at radius 1 is 1.53 bits per heavy atom. The van der Waals surface area contributed by atoms with Gasteiger partial charge in [0.2, 0.25) is 5.95 Å². The Hall–Kier alpha value is -2.01. The number of aryl methyl sites for hydroxylation is 1. The lowest BCUT2D eigenvalue weighted by molar-refractivity contribution is 0.411. The third-order valence-electron chi connectivity index (χ3n) is 2.61. The molecule has 0 aliphatic heterocycles. The van der Waals surface area contributed by atoms with Crippen molar-refractivity contribution in [3.05, 3.63) is 41.2 Å². The van der Waals surface area contributed by atoms with Gasteiger partial charge in [0.1, 0.15) is 5.75 Å². The number of rotatable bonds is 4. The lowest BCUT2D eigenvalue weighted by Crippen LogP contribution is -1.97. The topological polar surface area (TPSA) is 65.4 Å². The zero-order valence-corrected chi connectivity index (χ0v) is 11.6. The molecule has 0 fully saturated rings. The highest BCUT2D eigenvalue weighted by Crippen LogP contribution is 2.21. The monoisotopic (exact) mass is 278 g/mol. The van der Waals surface area contributed by atoms with E-state index in [0.29, 0.717) is 11.8 Å². The molecule has 2 N–H and O–H groups in total. The smallest absolute Gasteiger partial charge is 0.221 e. The molecule has 0 aliphatic carbocycles. The highest BCUT2D eigenvalue weighted by atomic mass is 35.5. The Labute approximate surface area is 116 Å². The number of nitrogen functional groups attached to an aromatic ring is 1. The number of nitrogens with zero attached hydrogens (tertiary/aromatic N) is 3. The van der Waals surface area contributed by atoms with Crippen molar-refractivity contribution in [2.45, 2.75) is 12.8 Å². The van der Waals surface area contributed by atoms with E-state index in [2.05, 4.69) is 10.1 Å². The first-order valence-electron chi connectivity index (χ1n) is 5.72. The summed E-state index contributed by atoms with van der Waals surface area (Å²) in [6.07, 6.45) is 3.46. The maximum Gasteiger partial charge on any atom is 0.221 e. The van der Waals surface area contributed by atoms with Crippen LogP contribution < -0.4 is 10.5 Å². The van der Waals surface area contributed by atoms with Crippen molar-refractivity contribution in [1.29, 1.82) is 0 Å². The van der Waals surface area contributed by atoms with Gasteiger partial charge in [0, 0.05) is 5.56 Å². The summed E-state index contributed by atoms with van der Waals surface area (Å²) in [4.78, 5) is 4.07. The maximum atomic E-state index is 5.87. The van der Waals surface area contributed by atoms with Crippen LogP contribution in [0.4, 0.5) is 5.95 Å². The molecule has 0 unspecified atom stereocenters. The molecule has 6 heteroatoms. The zero-order chi connectivity index (χ0) is 13.8. The van der Waals surface area contributed by atoms with Gasteiger partial charge in [0.05, 0.1) is 31.1 Å². The highest BCUT2D eigenvalue weighted by molar-refractivity contribution is 6.17. The van der Waals surface area contributed by atoms with Gasteiger partial charge in [-0.3, -0.25) is 0 Å². The van der Waals surface area contributed by atoms with E-state index in [1.165, 1.54) is 4.68 Å². The summed E-state index contributed by atoms with van der Waals surface area (Å²) in [7, 11) is 1.62. The molecule has 0 saturated heterocycles. The normalized spacial score (nSPS) is 11.1. The van der Waals surface area contributed by atoms with Gasteiger partial charge in [-0.25, -0.2) is 9.66 Å². The first kappa shape index (κ1) is 13.4. The lowest BCUT2D eigenvalue weighted by Gasteiger charge is -2.06. The van der Waals surface area contributed by atoms with Crippen LogP contribution in [-0.4, -0.2) is 23.0 Å². The highest BCUT2D eigenvalue weighted by Gasteiger charge is 2.03. The standard InChI is InChI=1S/C13H15ClN4O/c1-9-8-18(13(15)17-9)16-7-10-3-4-12(19-2)11(5-10)6-14/h3-5,7-8H,6H2,1-2H3,(H2,15,17). The second-order valence-corrected chi connectivity index (χ2v) is 4.30. The molecule has 1 heterocycles. The van der Waals surface area contributed by atoms with E-state index in [1.807, 2.05) is 25.1 Å². The first-order valence-corrected chi connectivity index (χ1v) is 6.26. The average molecular weight is 279 g/mol. The number of ether oxygens (including phenoxy) is 1. The SMILES string of the molecule is COc1ccc(C=Nn2cc(C)nc2N)cc1CCl. The van der Waals surface area contributed by atoms with Gasteiger partial charge in [-0.1, -0.05) is 0 Å². The van der Waals surface area contributed by atoms with Gasteiger partial charge in [-0.15, -0.1) is 11.6 Å². The van der Waals surface area contributed by atoms with Crippen LogP contribution in [0.5, 0.6) is 5.75 Å². The molecular weight excluding hydrogens is 264 g/mol. The molecule has 0 aliphatic rings. The van der Waals surface area contributed by atoms with Crippen molar-refractivity contribution in [3.63, 3.8) is 0 Å². The summed E-state index contributed by atoms with van der Waals surface area (Å²) in [5, 5.41) is 4.25. The predicted octanol–water partition coefficient (Wildman–Crippen LogP) is 2.40. The van der Waals surface area contributed by atoms with Crippen molar-refractivity contribution in [2.75, 3.05) is 12.8 Å². The van der Waals surface area contributed by atoms with Crippen LogP contribution in [0.25, 0.3) is 0 Å². The Morgan fingerprint density at radius 3 is 2.89 bits per heavy atom. The molecule has 0 amide bonds.